The van der Waals surface area contributed by atoms with Gasteiger partial charge in [-0.25, -0.2) is 4.79 Å². The van der Waals surface area contributed by atoms with Gasteiger partial charge in [0.25, 0.3) is 0 Å². The Morgan fingerprint density at radius 1 is 1.09 bits per heavy atom. The zero-order valence-corrected chi connectivity index (χ0v) is 18.6. The van der Waals surface area contributed by atoms with Crippen LogP contribution >= 0.6 is 0 Å². The van der Waals surface area contributed by atoms with Crippen molar-refractivity contribution in [2.75, 3.05) is 24.5 Å². The molecule has 0 spiro atoms. The summed E-state index contributed by atoms with van der Waals surface area (Å²) in [6.07, 6.45) is 1.25. The predicted octanol–water partition coefficient (Wildman–Crippen LogP) is 1.20. The molecule has 1 fully saturated rings. The molecule has 1 aliphatic heterocycles. The lowest BCUT2D eigenvalue weighted by Crippen LogP contribution is -2.56. The molecule has 1 saturated heterocycles. The van der Waals surface area contributed by atoms with Crippen LogP contribution in [0, 0.1) is 6.92 Å². The Kier molecular flexibility index (Phi) is 6.17. The van der Waals surface area contributed by atoms with Gasteiger partial charge in [-0.2, -0.15) is 9.36 Å². The quantitative estimate of drug-likeness (QED) is 0.538. The molecular weight excluding hydrogens is 412 g/mol. The number of tetrazole rings is 1. The number of carbonyl (C=O) groups excluding carboxylic acids is 1. The number of anilines is 1. The van der Waals surface area contributed by atoms with E-state index in [0.717, 1.165) is 5.69 Å². The molecule has 11 nitrogen and oxygen atoms in total. The molecule has 0 saturated carbocycles. The third kappa shape index (κ3) is 4.07. The van der Waals surface area contributed by atoms with E-state index in [0.29, 0.717) is 57.3 Å². The normalized spacial score (nSPS) is 16.2. The zero-order valence-electron chi connectivity index (χ0n) is 18.6. The summed E-state index contributed by atoms with van der Waals surface area (Å²) in [5.74, 6) is 0.843. The molecule has 11 heteroatoms. The van der Waals surface area contributed by atoms with Crippen LogP contribution in [0.4, 0.5) is 5.69 Å². The van der Waals surface area contributed by atoms with Gasteiger partial charge in [0, 0.05) is 45.7 Å². The lowest BCUT2D eigenvalue weighted by molar-refractivity contribution is -0.118. The topological polar surface area (TPSA) is 115 Å². The van der Waals surface area contributed by atoms with Crippen molar-refractivity contribution >= 4 is 11.6 Å². The standard InChI is InChI=1S/C21H28N8O3/c1-4-27-20(31)28(25-24-27)15-14-26-12-10-21(11-13-26,19-23-22-16(2)32-19)29(17(3)30)18-8-6-5-7-9-18/h5-9H,4,10-15H2,1-3H3. The molecule has 2 aromatic heterocycles. The van der Waals surface area contributed by atoms with Crippen molar-refractivity contribution in [3.8, 4) is 0 Å². The second-order valence-corrected chi connectivity index (χ2v) is 7.99. The summed E-state index contributed by atoms with van der Waals surface area (Å²) in [7, 11) is 0. The average Bonchev–Trinajstić information content (AvgIpc) is 3.39. The SMILES string of the molecule is CCn1nnn(CCN2CCC(c3nnc(C)o3)(N(C(C)=O)c3ccccc3)CC2)c1=O. The Labute approximate surface area is 185 Å². The first kappa shape index (κ1) is 21.9. The number of piperidine rings is 1. The Morgan fingerprint density at radius 2 is 1.78 bits per heavy atom. The number of hydrogen-bond acceptors (Lipinski definition) is 8. The first-order valence-corrected chi connectivity index (χ1v) is 10.8. The third-order valence-electron chi connectivity index (χ3n) is 5.99. The first-order valence-electron chi connectivity index (χ1n) is 10.8. The van der Waals surface area contributed by atoms with Crippen LogP contribution in [0.5, 0.6) is 0 Å². The number of aromatic nitrogens is 6. The summed E-state index contributed by atoms with van der Waals surface area (Å²) >= 11 is 0. The predicted molar refractivity (Wildman–Crippen MR) is 116 cm³/mol. The van der Waals surface area contributed by atoms with Crippen molar-refractivity contribution in [1.29, 1.82) is 0 Å². The summed E-state index contributed by atoms with van der Waals surface area (Å²) in [5, 5.41) is 16.2. The summed E-state index contributed by atoms with van der Waals surface area (Å²) < 4.78 is 8.60. The van der Waals surface area contributed by atoms with E-state index in [1.807, 2.05) is 37.3 Å². The molecule has 3 heterocycles. The highest BCUT2D eigenvalue weighted by Crippen LogP contribution is 2.41. The Balaban J connectivity index is 1.56. The highest BCUT2D eigenvalue weighted by molar-refractivity contribution is 5.93. The maximum Gasteiger partial charge on any atom is 0.363 e. The van der Waals surface area contributed by atoms with Crippen LogP contribution in [0.15, 0.2) is 39.5 Å². The van der Waals surface area contributed by atoms with Crippen molar-refractivity contribution < 1.29 is 9.21 Å². The Bertz CT molecular complexity index is 1110. The molecule has 1 aliphatic rings. The van der Waals surface area contributed by atoms with E-state index < -0.39 is 5.54 Å². The van der Waals surface area contributed by atoms with E-state index in [1.165, 1.54) is 9.36 Å². The van der Waals surface area contributed by atoms with Crippen LogP contribution < -0.4 is 10.6 Å². The second kappa shape index (κ2) is 9.03. The van der Waals surface area contributed by atoms with Gasteiger partial charge in [-0.15, -0.1) is 10.2 Å². The number of para-hydroxylation sites is 1. The van der Waals surface area contributed by atoms with E-state index in [-0.39, 0.29) is 11.6 Å². The largest absolute Gasteiger partial charge is 0.423 e. The van der Waals surface area contributed by atoms with Crippen LogP contribution in [0.3, 0.4) is 0 Å². The summed E-state index contributed by atoms with van der Waals surface area (Å²) in [6, 6.07) is 9.58. The van der Waals surface area contributed by atoms with E-state index in [9.17, 15) is 9.59 Å². The van der Waals surface area contributed by atoms with Gasteiger partial charge in [0.1, 0.15) is 5.54 Å². The van der Waals surface area contributed by atoms with E-state index in [4.69, 9.17) is 4.42 Å². The molecule has 32 heavy (non-hydrogen) atoms. The van der Waals surface area contributed by atoms with Gasteiger partial charge >= 0.3 is 5.69 Å². The highest BCUT2D eigenvalue weighted by Gasteiger charge is 2.47. The Hall–Kier alpha value is -3.34. The maximum absolute atomic E-state index is 12.9. The summed E-state index contributed by atoms with van der Waals surface area (Å²) in [4.78, 5) is 29.1. The summed E-state index contributed by atoms with van der Waals surface area (Å²) in [6.45, 7) is 8.19. The van der Waals surface area contributed by atoms with Crippen LogP contribution in [-0.4, -0.2) is 60.4 Å². The number of benzene rings is 1. The fraction of sp³-hybridized carbons (Fsp3) is 0.524. The zero-order chi connectivity index (χ0) is 22.7. The van der Waals surface area contributed by atoms with Crippen molar-refractivity contribution in [2.45, 2.75) is 52.2 Å². The van der Waals surface area contributed by atoms with Crippen LogP contribution in [0.1, 0.15) is 38.5 Å². The second-order valence-electron chi connectivity index (χ2n) is 7.99. The van der Waals surface area contributed by atoms with Gasteiger partial charge in [-0.05, 0) is 42.3 Å². The Morgan fingerprint density at radius 3 is 2.34 bits per heavy atom. The van der Waals surface area contributed by atoms with Crippen molar-refractivity contribution in [3.63, 3.8) is 0 Å². The molecule has 0 atom stereocenters. The number of rotatable bonds is 7. The minimum Gasteiger partial charge on any atom is -0.423 e. The number of hydrogen-bond donors (Lipinski definition) is 0. The molecule has 4 rings (SSSR count). The molecule has 0 radical (unpaired) electrons. The van der Waals surface area contributed by atoms with Gasteiger partial charge < -0.3 is 9.32 Å². The van der Waals surface area contributed by atoms with Crippen LogP contribution in [-0.2, 0) is 23.4 Å². The number of nitrogens with zero attached hydrogens (tertiary/aromatic N) is 8. The van der Waals surface area contributed by atoms with Gasteiger partial charge in [0.15, 0.2) is 0 Å². The maximum atomic E-state index is 12.9. The minimum absolute atomic E-state index is 0.0803. The molecule has 170 valence electrons. The average molecular weight is 441 g/mol. The number of likely N-dealkylation sites (tertiary alicyclic amines) is 1. The van der Waals surface area contributed by atoms with Gasteiger partial charge in [0.05, 0.1) is 6.54 Å². The van der Waals surface area contributed by atoms with Gasteiger partial charge in [-0.3, -0.25) is 9.69 Å². The van der Waals surface area contributed by atoms with Gasteiger partial charge in [-0.1, -0.05) is 18.2 Å². The molecule has 0 bridgehead atoms. The van der Waals surface area contributed by atoms with Gasteiger partial charge in [0.2, 0.25) is 17.7 Å². The van der Waals surface area contributed by atoms with Crippen LogP contribution in [0.2, 0.25) is 0 Å². The third-order valence-corrected chi connectivity index (χ3v) is 5.99. The molecule has 0 N–H and O–H groups in total. The highest BCUT2D eigenvalue weighted by atomic mass is 16.4. The number of amides is 1. The minimum atomic E-state index is -0.729. The molecule has 0 aliphatic carbocycles. The molecule has 0 unspecified atom stereocenters. The fourth-order valence-corrected chi connectivity index (χ4v) is 4.35. The van der Waals surface area contributed by atoms with Crippen LogP contribution in [0.25, 0.3) is 0 Å². The smallest absolute Gasteiger partial charge is 0.363 e. The summed E-state index contributed by atoms with van der Waals surface area (Å²) in [5.41, 5.74) is -0.133. The first-order chi connectivity index (χ1) is 15.4. The fourth-order valence-electron chi connectivity index (χ4n) is 4.35. The van der Waals surface area contributed by atoms with Crippen molar-refractivity contribution in [1.82, 2.24) is 34.9 Å². The van der Waals surface area contributed by atoms with Crippen molar-refractivity contribution in [2.24, 2.45) is 0 Å². The molecular formula is C21H28N8O3. The van der Waals surface area contributed by atoms with E-state index >= 15 is 0 Å². The van der Waals surface area contributed by atoms with E-state index in [2.05, 4.69) is 25.5 Å². The van der Waals surface area contributed by atoms with Crippen molar-refractivity contribution in [3.05, 3.63) is 52.6 Å². The molecule has 1 amide bonds. The number of aryl methyl sites for hydroxylation is 2. The number of carbonyl (C=O) groups is 1. The molecule has 3 aromatic rings. The lowest BCUT2D eigenvalue weighted by Gasteiger charge is -2.46. The monoisotopic (exact) mass is 440 g/mol. The molecule has 1 aromatic carbocycles. The lowest BCUT2D eigenvalue weighted by atomic mass is 9.84. The van der Waals surface area contributed by atoms with E-state index in [1.54, 1.807) is 18.7 Å².